The second-order valence-electron chi connectivity index (χ2n) is 5.71. The number of anilines is 1. The van der Waals surface area contributed by atoms with E-state index in [1.165, 1.54) is 16.4 Å². The Morgan fingerprint density at radius 1 is 1.20 bits per heavy atom. The van der Waals surface area contributed by atoms with E-state index in [0.717, 1.165) is 5.39 Å². The number of hydrogen-bond donors (Lipinski definition) is 1. The highest BCUT2D eigenvalue weighted by molar-refractivity contribution is 6.05. The molecular formula is C15H18N2O3. The van der Waals surface area contributed by atoms with Gasteiger partial charge in [0.1, 0.15) is 0 Å². The number of hydrogen-bond acceptors (Lipinski definition) is 2. The highest BCUT2D eigenvalue weighted by atomic mass is 16.4. The Kier molecular flexibility index (Phi) is 3.29. The fourth-order valence-electron chi connectivity index (χ4n) is 2.35. The van der Waals surface area contributed by atoms with Crippen LogP contribution in [-0.2, 0) is 0 Å². The molecule has 0 aliphatic heterocycles. The molecule has 2 aromatic rings. The lowest BCUT2D eigenvalue weighted by atomic mass is 10.1. The number of carboxylic acid groups (broad SMARTS) is 1. The second kappa shape index (κ2) is 4.67. The lowest BCUT2D eigenvalue weighted by Gasteiger charge is -2.32. The molecule has 20 heavy (non-hydrogen) atoms. The minimum Gasteiger partial charge on any atom is -0.465 e. The first-order chi connectivity index (χ1) is 9.23. The molecule has 5 heteroatoms. The van der Waals surface area contributed by atoms with Crippen molar-refractivity contribution in [3.05, 3.63) is 30.5 Å². The first-order valence-corrected chi connectivity index (χ1v) is 6.37. The van der Waals surface area contributed by atoms with Crippen molar-refractivity contribution in [2.24, 2.45) is 0 Å². The number of rotatable bonds is 1. The van der Waals surface area contributed by atoms with Crippen LogP contribution < -0.4 is 4.90 Å². The largest absolute Gasteiger partial charge is 0.465 e. The molecule has 0 fully saturated rings. The third-order valence-corrected chi connectivity index (χ3v) is 3.13. The van der Waals surface area contributed by atoms with E-state index in [1.54, 1.807) is 6.20 Å². The molecule has 5 nitrogen and oxygen atoms in total. The number of aromatic nitrogens is 1. The number of amides is 1. The van der Waals surface area contributed by atoms with Crippen molar-refractivity contribution in [3.63, 3.8) is 0 Å². The number of nitrogens with zero attached hydrogens (tertiary/aromatic N) is 2. The number of carbonyl (C=O) groups excluding carboxylic acids is 1. The summed E-state index contributed by atoms with van der Waals surface area (Å²) in [6.07, 6.45) is 0.552. The summed E-state index contributed by atoms with van der Waals surface area (Å²) < 4.78 is 1.48. The van der Waals surface area contributed by atoms with Crippen LogP contribution in [0.15, 0.2) is 30.5 Å². The zero-order valence-electron chi connectivity index (χ0n) is 12.0. The second-order valence-corrected chi connectivity index (χ2v) is 5.71. The number of carbonyl (C=O) groups is 2. The fraction of sp³-hybridized carbons (Fsp3) is 0.333. The molecule has 0 bridgehead atoms. The summed E-state index contributed by atoms with van der Waals surface area (Å²) in [4.78, 5) is 24.6. The lowest BCUT2D eigenvalue weighted by Crippen LogP contribution is -2.45. The predicted octanol–water partition coefficient (Wildman–Crippen LogP) is 3.58. The van der Waals surface area contributed by atoms with Gasteiger partial charge in [-0.1, -0.05) is 18.2 Å². The molecule has 1 amide bonds. The van der Waals surface area contributed by atoms with E-state index in [0.29, 0.717) is 11.2 Å². The van der Waals surface area contributed by atoms with Crippen molar-refractivity contribution < 1.29 is 14.7 Å². The first-order valence-electron chi connectivity index (χ1n) is 6.37. The summed E-state index contributed by atoms with van der Waals surface area (Å²) in [5.74, 6) is -0.147. The van der Waals surface area contributed by atoms with Gasteiger partial charge in [-0.15, -0.1) is 0 Å². The fourth-order valence-corrected chi connectivity index (χ4v) is 2.35. The maximum atomic E-state index is 11.7. The highest BCUT2D eigenvalue weighted by Crippen LogP contribution is 2.33. The monoisotopic (exact) mass is 274 g/mol. The Balaban J connectivity index is 2.77. The van der Waals surface area contributed by atoms with Gasteiger partial charge in [-0.25, -0.2) is 4.79 Å². The maximum Gasteiger partial charge on any atom is 0.412 e. The molecule has 0 atom stereocenters. The molecule has 1 heterocycles. The minimum atomic E-state index is -1.04. The summed E-state index contributed by atoms with van der Waals surface area (Å²) in [6.45, 7) is 6.92. The molecule has 0 saturated carbocycles. The van der Waals surface area contributed by atoms with Gasteiger partial charge in [0.25, 0.3) is 0 Å². The van der Waals surface area contributed by atoms with Crippen molar-refractivity contribution in [3.8, 4) is 0 Å². The summed E-state index contributed by atoms with van der Waals surface area (Å²) in [6, 6.07) is 7.29. The van der Waals surface area contributed by atoms with Gasteiger partial charge < -0.3 is 5.11 Å². The Morgan fingerprint density at radius 3 is 2.30 bits per heavy atom. The summed E-state index contributed by atoms with van der Waals surface area (Å²) in [5.41, 5.74) is 0.638. The van der Waals surface area contributed by atoms with Gasteiger partial charge in [-0.3, -0.25) is 14.3 Å². The van der Waals surface area contributed by atoms with Gasteiger partial charge in [0, 0.05) is 24.0 Å². The van der Waals surface area contributed by atoms with Gasteiger partial charge in [-0.05, 0) is 26.8 Å². The van der Waals surface area contributed by atoms with Gasteiger partial charge in [0.05, 0.1) is 11.2 Å². The summed E-state index contributed by atoms with van der Waals surface area (Å²) in [7, 11) is 0. The lowest BCUT2D eigenvalue weighted by molar-refractivity contribution is 0.0941. The molecule has 0 radical (unpaired) electrons. The molecule has 1 aromatic heterocycles. The van der Waals surface area contributed by atoms with Crippen molar-refractivity contribution in [2.75, 3.05) is 4.90 Å². The van der Waals surface area contributed by atoms with Crippen LogP contribution in [0.2, 0.25) is 0 Å². The third-order valence-electron chi connectivity index (χ3n) is 3.13. The normalized spacial score (nSPS) is 11.6. The van der Waals surface area contributed by atoms with Gasteiger partial charge in [0.2, 0.25) is 5.91 Å². The van der Waals surface area contributed by atoms with E-state index < -0.39 is 11.6 Å². The molecule has 0 unspecified atom stereocenters. The van der Waals surface area contributed by atoms with Crippen molar-refractivity contribution in [1.29, 1.82) is 0 Å². The molecule has 0 aliphatic rings. The van der Waals surface area contributed by atoms with Gasteiger partial charge in [-0.2, -0.15) is 0 Å². The molecule has 0 spiro atoms. The Bertz CT molecular complexity index is 680. The third kappa shape index (κ3) is 2.27. The van der Waals surface area contributed by atoms with E-state index in [1.807, 2.05) is 45.0 Å². The summed E-state index contributed by atoms with van der Waals surface area (Å²) >= 11 is 0. The van der Waals surface area contributed by atoms with E-state index in [-0.39, 0.29) is 5.91 Å². The molecule has 0 saturated heterocycles. The molecular weight excluding hydrogens is 256 g/mol. The minimum absolute atomic E-state index is 0.147. The van der Waals surface area contributed by atoms with Crippen molar-refractivity contribution in [2.45, 2.75) is 33.2 Å². The smallest absolute Gasteiger partial charge is 0.412 e. The van der Waals surface area contributed by atoms with E-state index >= 15 is 0 Å². The highest BCUT2D eigenvalue weighted by Gasteiger charge is 2.30. The maximum absolute atomic E-state index is 11.7. The van der Waals surface area contributed by atoms with Crippen LogP contribution in [-0.4, -0.2) is 27.2 Å². The average Bonchev–Trinajstić information content (AvgIpc) is 2.67. The van der Waals surface area contributed by atoms with Crippen molar-refractivity contribution in [1.82, 2.24) is 4.57 Å². The van der Waals surface area contributed by atoms with Gasteiger partial charge in [0.15, 0.2) is 0 Å². The van der Waals surface area contributed by atoms with Crippen LogP contribution in [0.3, 0.4) is 0 Å². The Morgan fingerprint density at radius 2 is 1.80 bits per heavy atom. The van der Waals surface area contributed by atoms with E-state index in [4.69, 9.17) is 0 Å². The topological polar surface area (TPSA) is 62.5 Å². The first kappa shape index (κ1) is 14.1. The van der Waals surface area contributed by atoms with Gasteiger partial charge >= 0.3 is 6.09 Å². The summed E-state index contributed by atoms with van der Waals surface area (Å²) in [5, 5.41) is 10.3. The average molecular weight is 274 g/mol. The molecule has 2 rings (SSSR count). The standard InChI is InChI=1S/C15H18N2O3/c1-10(18)16-9-13(11-7-5-6-8-12(11)16)17(14(19)20)15(2,3)4/h5-9H,1-4H3,(H,19,20). The SMILES string of the molecule is CC(=O)n1cc(N(C(=O)O)C(C)(C)C)c2ccccc21. The molecule has 1 aromatic carbocycles. The molecule has 1 N–H and O–H groups in total. The van der Waals surface area contributed by atoms with Crippen LogP contribution in [0.4, 0.5) is 10.5 Å². The van der Waals surface area contributed by atoms with Crippen molar-refractivity contribution >= 4 is 28.6 Å². The van der Waals surface area contributed by atoms with Crippen LogP contribution in [0.5, 0.6) is 0 Å². The molecule has 106 valence electrons. The molecule has 0 aliphatic carbocycles. The van der Waals surface area contributed by atoms with Crippen LogP contribution in [0.1, 0.15) is 32.5 Å². The number of fused-ring (bicyclic) bond motifs is 1. The zero-order valence-corrected chi connectivity index (χ0v) is 12.0. The quantitative estimate of drug-likeness (QED) is 0.864. The Hall–Kier alpha value is -2.30. The van der Waals surface area contributed by atoms with Crippen LogP contribution in [0.25, 0.3) is 10.9 Å². The van der Waals surface area contributed by atoms with Crippen LogP contribution in [0, 0.1) is 0 Å². The van der Waals surface area contributed by atoms with E-state index in [2.05, 4.69) is 0 Å². The number of para-hydroxylation sites is 1. The zero-order chi connectivity index (χ0) is 15.1. The number of benzene rings is 1. The predicted molar refractivity (Wildman–Crippen MR) is 78.5 cm³/mol. The Labute approximate surface area is 117 Å². The van der Waals surface area contributed by atoms with Crippen LogP contribution >= 0.6 is 0 Å². The van der Waals surface area contributed by atoms with E-state index in [9.17, 15) is 14.7 Å².